The molecule has 4 heteroatoms. The van der Waals surface area contributed by atoms with Gasteiger partial charge in [0.05, 0.1) is 13.2 Å². The van der Waals surface area contributed by atoms with Gasteiger partial charge in [-0.3, -0.25) is 9.59 Å². The van der Waals surface area contributed by atoms with Gasteiger partial charge in [0.25, 0.3) is 0 Å². The van der Waals surface area contributed by atoms with Crippen LogP contribution in [0.4, 0.5) is 0 Å². The SMILES string of the molecule is CC(C)(C)C(=O)CCC(=O)N1CCOCC1. The van der Waals surface area contributed by atoms with Gasteiger partial charge in [0.1, 0.15) is 5.78 Å². The van der Waals surface area contributed by atoms with Crippen LogP contribution < -0.4 is 0 Å². The summed E-state index contributed by atoms with van der Waals surface area (Å²) in [4.78, 5) is 25.2. The van der Waals surface area contributed by atoms with Crippen LogP contribution in [0.15, 0.2) is 0 Å². The minimum Gasteiger partial charge on any atom is -0.378 e. The van der Waals surface area contributed by atoms with Crippen LogP contribution in [0.1, 0.15) is 33.6 Å². The third-order valence-corrected chi connectivity index (χ3v) is 2.77. The van der Waals surface area contributed by atoms with E-state index in [0.29, 0.717) is 39.1 Å². The van der Waals surface area contributed by atoms with Crippen molar-refractivity contribution in [3.63, 3.8) is 0 Å². The summed E-state index contributed by atoms with van der Waals surface area (Å²) in [7, 11) is 0. The van der Waals surface area contributed by atoms with Crippen LogP contribution >= 0.6 is 0 Å². The number of ketones is 1. The fraction of sp³-hybridized carbons (Fsp3) is 0.833. The Labute approximate surface area is 96.9 Å². The highest BCUT2D eigenvalue weighted by Crippen LogP contribution is 2.18. The third-order valence-electron chi connectivity index (χ3n) is 2.77. The lowest BCUT2D eigenvalue weighted by atomic mass is 9.88. The molecule has 0 spiro atoms. The summed E-state index contributed by atoms with van der Waals surface area (Å²) < 4.78 is 5.17. The maximum absolute atomic E-state index is 11.7. The molecule has 1 fully saturated rings. The molecule has 92 valence electrons. The van der Waals surface area contributed by atoms with E-state index >= 15 is 0 Å². The first-order valence-corrected chi connectivity index (χ1v) is 5.80. The molecule has 0 unspecified atom stereocenters. The minimum absolute atomic E-state index is 0.0703. The van der Waals surface area contributed by atoms with E-state index in [1.54, 1.807) is 4.90 Å². The molecule has 0 radical (unpaired) electrons. The van der Waals surface area contributed by atoms with Crippen LogP contribution in [0.25, 0.3) is 0 Å². The Morgan fingerprint density at radius 2 is 1.69 bits per heavy atom. The summed E-state index contributed by atoms with van der Waals surface area (Å²) in [5, 5.41) is 0. The largest absolute Gasteiger partial charge is 0.378 e. The van der Waals surface area contributed by atoms with Crippen molar-refractivity contribution in [2.75, 3.05) is 26.3 Å². The molecule has 0 aromatic heterocycles. The van der Waals surface area contributed by atoms with Gasteiger partial charge in [0.15, 0.2) is 0 Å². The van der Waals surface area contributed by atoms with Gasteiger partial charge in [-0.15, -0.1) is 0 Å². The average molecular weight is 227 g/mol. The molecule has 16 heavy (non-hydrogen) atoms. The van der Waals surface area contributed by atoms with Gasteiger partial charge in [0, 0.05) is 31.3 Å². The molecular weight excluding hydrogens is 206 g/mol. The molecule has 0 saturated carbocycles. The van der Waals surface area contributed by atoms with Crippen molar-refractivity contribution in [2.24, 2.45) is 5.41 Å². The third kappa shape index (κ3) is 3.93. The first kappa shape index (κ1) is 13.2. The second kappa shape index (κ2) is 5.43. The van der Waals surface area contributed by atoms with Crippen LogP contribution in [0.5, 0.6) is 0 Å². The number of nitrogens with zero attached hydrogens (tertiary/aromatic N) is 1. The summed E-state index contributed by atoms with van der Waals surface area (Å²) >= 11 is 0. The quantitative estimate of drug-likeness (QED) is 0.728. The van der Waals surface area contributed by atoms with Gasteiger partial charge >= 0.3 is 0 Å². The Morgan fingerprint density at radius 1 is 1.12 bits per heavy atom. The average Bonchev–Trinajstić information content (AvgIpc) is 2.25. The van der Waals surface area contributed by atoms with E-state index in [4.69, 9.17) is 4.74 Å². The van der Waals surface area contributed by atoms with Gasteiger partial charge in [-0.1, -0.05) is 20.8 Å². The van der Waals surface area contributed by atoms with Crippen molar-refractivity contribution in [3.8, 4) is 0 Å². The lowest BCUT2D eigenvalue weighted by molar-refractivity contribution is -0.137. The maximum atomic E-state index is 11.7. The normalized spacial score (nSPS) is 17.3. The number of rotatable bonds is 3. The molecule has 0 aromatic rings. The zero-order chi connectivity index (χ0) is 12.2. The highest BCUT2D eigenvalue weighted by Gasteiger charge is 2.23. The molecule has 1 heterocycles. The van der Waals surface area contributed by atoms with Crippen molar-refractivity contribution in [1.29, 1.82) is 0 Å². The standard InChI is InChI=1S/C12H21NO3/c1-12(2,3)10(14)4-5-11(15)13-6-8-16-9-7-13/h4-9H2,1-3H3. The molecule has 1 aliphatic heterocycles. The van der Waals surface area contributed by atoms with Crippen molar-refractivity contribution < 1.29 is 14.3 Å². The molecule has 0 N–H and O–H groups in total. The summed E-state index contributed by atoms with van der Waals surface area (Å²) in [6.07, 6.45) is 0.676. The monoisotopic (exact) mass is 227 g/mol. The second-order valence-electron chi connectivity index (χ2n) is 5.17. The molecule has 0 aromatic carbocycles. The van der Waals surface area contributed by atoms with Gasteiger partial charge in [-0.25, -0.2) is 0 Å². The molecule has 1 rings (SSSR count). The van der Waals surface area contributed by atoms with Crippen LogP contribution in [0.3, 0.4) is 0 Å². The van der Waals surface area contributed by atoms with E-state index in [9.17, 15) is 9.59 Å². The number of amides is 1. The van der Waals surface area contributed by atoms with E-state index in [1.807, 2.05) is 20.8 Å². The predicted octanol–water partition coefficient (Wildman–Crippen LogP) is 1.24. The molecule has 0 bridgehead atoms. The highest BCUT2D eigenvalue weighted by atomic mass is 16.5. The van der Waals surface area contributed by atoms with Crippen LogP contribution in [0.2, 0.25) is 0 Å². The fourth-order valence-corrected chi connectivity index (χ4v) is 1.57. The highest BCUT2D eigenvalue weighted by molar-refractivity contribution is 5.88. The van der Waals surface area contributed by atoms with Gasteiger partial charge in [-0.2, -0.15) is 0 Å². The number of carbonyl (C=O) groups excluding carboxylic acids is 2. The number of hydrogen-bond acceptors (Lipinski definition) is 3. The number of ether oxygens (including phenoxy) is 1. The lowest BCUT2D eigenvalue weighted by Gasteiger charge is -2.27. The Bertz CT molecular complexity index is 262. The topological polar surface area (TPSA) is 46.6 Å². The van der Waals surface area contributed by atoms with E-state index in [0.717, 1.165) is 0 Å². The predicted molar refractivity (Wildman–Crippen MR) is 61.1 cm³/mol. The summed E-state index contributed by atoms with van der Waals surface area (Å²) in [6.45, 7) is 8.18. The summed E-state index contributed by atoms with van der Waals surface area (Å²) in [5.41, 5.74) is -0.342. The van der Waals surface area contributed by atoms with Crippen molar-refractivity contribution in [3.05, 3.63) is 0 Å². The van der Waals surface area contributed by atoms with Crippen molar-refractivity contribution in [1.82, 2.24) is 4.90 Å². The first-order valence-electron chi connectivity index (χ1n) is 5.80. The van der Waals surface area contributed by atoms with Crippen molar-refractivity contribution >= 4 is 11.7 Å². The van der Waals surface area contributed by atoms with Crippen LogP contribution in [0, 0.1) is 5.41 Å². The van der Waals surface area contributed by atoms with E-state index in [2.05, 4.69) is 0 Å². The second-order valence-corrected chi connectivity index (χ2v) is 5.17. The molecular formula is C12H21NO3. The number of Topliss-reactive ketones (excluding diaryl/α,β-unsaturated/α-hetero) is 1. The fourth-order valence-electron chi connectivity index (χ4n) is 1.57. The van der Waals surface area contributed by atoms with Crippen LogP contribution in [-0.4, -0.2) is 42.9 Å². The molecule has 1 amide bonds. The Hall–Kier alpha value is -0.900. The van der Waals surface area contributed by atoms with Gasteiger partial charge in [0.2, 0.25) is 5.91 Å². The summed E-state index contributed by atoms with van der Waals surface area (Å²) in [6, 6.07) is 0. The van der Waals surface area contributed by atoms with E-state index in [1.165, 1.54) is 0 Å². The van der Waals surface area contributed by atoms with Crippen molar-refractivity contribution in [2.45, 2.75) is 33.6 Å². The number of morpholine rings is 1. The minimum atomic E-state index is -0.342. The molecule has 1 saturated heterocycles. The van der Waals surface area contributed by atoms with Gasteiger partial charge < -0.3 is 9.64 Å². The molecule has 0 atom stereocenters. The van der Waals surface area contributed by atoms with Gasteiger partial charge in [-0.05, 0) is 0 Å². The van der Waals surface area contributed by atoms with E-state index in [-0.39, 0.29) is 17.1 Å². The Balaban J connectivity index is 2.32. The zero-order valence-electron chi connectivity index (χ0n) is 10.4. The summed E-state index contributed by atoms with van der Waals surface area (Å²) in [5.74, 6) is 0.218. The first-order chi connectivity index (χ1) is 7.41. The number of carbonyl (C=O) groups is 2. The molecule has 4 nitrogen and oxygen atoms in total. The maximum Gasteiger partial charge on any atom is 0.223 e. The smallest absolute Gasteiger partial charge is 0.223 e. The van der Waals surface area contributed by atoms with E-state index < -0.39 is 0 Å². The molecule has 1 aliphatic rings. The lowest BCUT2D eigenvalue weighted by Crippen LogP contribution is -2.41. The Kier molecular flexibility index (Phi) is 4.47. The number of hydrogen-bond donors (Lipinski definition) is 0. The Morgan fingerprint density at radius 3 is 2.19 bits per heavy atom. The van der Waals surface area contributed by atoms with Crippen LogP contribution in [-0.2, 0) is 14.3 Å². The zero-order valence-corrected chi connectivity index (χ0v) is 10.4. The molecule has 0 aliphatic carbocycles.